The third-order valence-corrected chi connectivity index (χ3v) is 10.0. The third kappa shape index (κ3) is 6.37. The Morgan fingerprint density at radius 3 is 2.69 bits per heavy atom. The number of ether oxygens (including phenoxy) is 1. The number of aliphatic hydroxyl groups is 1. The Kier molecular flexibility index (Phi) is 9.79. The number of alkyl halides is 1. The molecule has 7 unspecified atom stereocenters. The summed E-state index contributed by atoms with van der Waals surface area (Å²) in [6.45, 7) is 5.08. The number of piperidine rings is 1. The first-order valence-electron chi connectivity index (χ1n) is 14.5. The second-order valence-corrected chi connectivity index (χ2v) is 12.3. The number of carbonyl (C=O) groups is 1. The molecule has 5 rings (SSSR count). The van der Waals surface area contributed by atoms with Gasteiger partial charge in [0.25, 0.3) is 0 Å². The molecule has 206 valence electrons. The van der Waals surface area contributed by atoms with E-state index >= 15 is 0 Å². The molecule has 9 nitrogen and oxygen atoms in total. The average Bonchev–Trinajstić information content (AvgIpc) is 3.31. The van der Waals surface area contributed by atoms with Gasteiger partial charge in [-0.3, -0.25) is 9.69 Å². The minimum Gasteiger partial charge on any atom is -0.395 e. The van der Waals surface area contributed by atoms with Gasteiger partial charge in [0.05, 0.1) is 38.2 Å². The molecule has 3 saturated heterocycles. The molecule has 0 bridgehead atoms. The van der Waals surface area contributed by atoms with Gasteiger partial charge in [-0.2, -0.15) is 0 Å². The number of hydrogen-bond donors (Lipinski definition) is 6. The SMILES string of the molecule is O=C(N[C@H]1COCC2C(Cl)CCCC21)C1CCCC(NCC2NNC(C3CCNCC3)N2CCO)C1. The van der Waals surface area contributed by atoms with E-state index in [1.807, 2.05) is 0 Å². The summed E-state index contributed by atoms with van der Waals surface area (Å²) in [5.41, 5.74) is 6.98. The Morgan fingerprint density at radius 1 is 1.03 bits per heavy atom. The van der Waals surface area contributed by atoms with Crippen molar-refractivity contribution in [2.45, 2.75) is 87.6 Å². The molecule has 10 heteroatoms. The lowest BCUT2D eigenvalue weighted by atomic mass is 9.74. The fourth-order valence-corrected chi connectivity index (χ4v) is 7.85. The van der Waals surface area contributed by atoms with Crippen LogP contribution in [0.25, 0.3) is 0 Å². The highest BCUT2D eigenvalue weighted by Crippen LogP contribution is 2.38. The van der Waals surface area contributed by atoms with Crippen LogP contribution in [-0.2, 0) is 9.53 Å². The molecule has 5 aliphatic rings. The summed E-state index contributed by atoms with van der Waals surface area (Å²) in [4.78, 5) is 15.7. The van der Waals surface area contributed by atoms with Gasteiger partial charge in [-0.05, 0) is 69.9 Å². The molecule has 5 fully saturated rings. The largest absolute Gasteiger partial charge is 0.395 e. The van der Waals surface area contributed by atoms with E-state index in [-0.39, 0.29) is 42.2 Å². The Bertz CT molecular complexity index is 713. The molecule has 0 aromatic rings. The molecule has 36 heavy (non-hydrogen) atoms. The lowest BCUT2D eigenvalue weighted by Crippen LogP contribution is -2.55. The van der Waals surface area contributed by atoms with Crippen molar-refractivity contribution in [1.82, 2.24) is 31.7 Å². The summed E-state index contributed by atoms with van der Waals surface area (Å²) < 4.78 is 5.86. The van der Waals surface area contributed by atoms with Crippen LogP contribution in [0.2, 0.25) is 0 Å². The first-order chi connectivity index (χ1) is 17.6. The standard InChI is InChI=1S/C26H47ClN6O3/c27-22-6-2-5-20-21(22)15-36-16-23(20)30-26(35)18-3-1-4-19(13-18)29-14-24-31-32-25(33(24)11-12-34)17-7-9-28-10-8-17/h17-25,28-29,31-32,34H,1-16H2,(H,30,35)/t18?,19?,20?,21?,22?,23-,24?,25?/m0/s1. The molecule has 6 N–H and O–H groups in total. The number of hydrazine groups is 1. The normalized spacial score (nSPS) is 40.6. The third-order valence-electron chi connectivity index (χ3n) is 9.47. The fraction of sp³-hybridized carbons (Fsp3) is 0.962. The second kappa shape index (κ2) is 13.0. The van der Waals surface area contributed by atoms with Gasteiger partial charge in [-0.1, -0.05) is 12.8 Å². The molecule has 2 saturated carbocycles. The van der Waals surface area contributed by atoms with Crippen LogP contribution in [-0.4, -0.2) is 91.7 Å². The van der Waals surface area contributed by atoms with Gasteiger partial charge in [-0.25, -0.2) is 10.9 Å². The lowest BCUT2D eigenvalue weighted by molar-refractivity contribution is -0.129. The molecule has 1 amide bonds. The Balaban J connectivity index is 1.10. The van der Waals surface area contributed by atoms with E-state index in [1.165, 1.54) is 0 Å². The maximum atomic E-state index is 13.3. The first-order valence-corrected chi connectivity index (χ1v) is 14.9. The molecule has 0 aromatic carbocycles. The monoisotopic (exact) mass is 526 g/mol. The van der Waals surface area contributed by atoms with Gasteiger partial charge >= 0.3 is 0 Å². The summed E-state index contributed by atoms with van der Waals surface area (Å²) in [5.74, 6) is 1.64. The van der Waals surface area contributed by atoms with Crippen LogP contribution < -0.4 is 26.8 Å². The number of nitrogens with one attached hydrogen (secondary N) is 5. The zero-order valence-corrected chi connectivity index (χ0v) is 22.4. The van der Waals surface area contributed by atoms with Gasteiger partial charge in [0, 0.05) is 36.3 Å². The van der Waals surface area contributed by atoms with Crippen LogP contribution in [0.5, 0.6) is 0 Å². The van der Waals surface area contributed by atoms with E-state index in [0.29, 0.717) is 36.9 Å². The van der Waals surface area contributed by atoms with E-state index in [2.05, 4.69) is 31.7 Å². The van der Waals surface area contributed by atoms with E-state index in [1.54, 1.807) is 0 Å². The molecule has 8 atom stereocenters. The zero-order chi connectivity index (χ0) is 24.9. The van der Waals surface area contributed by atoms with Gasteiger partial charge < -0.3 is 25.8 Å². The molecular formula is C26H47ClN6O3. The van der Waals surface area contributed by atoms with Crippen molar-refractivity contribution < 1.29 is 14.6 Å². The van der Waals surface area contributed by atoms with Crippen molar-refractivity contribution in [3.05, 3.63) is 0 Å². The van der Waals surface area contributed by atoms with Gasteiger partial charge in [0.1, 0.15) is 0 Å². The number of nitrogens with zero attached hydrogens (tertiary/aromatic N) is 1. The topological polar surface area (TPSA) is 110 Å². The molecule has 0 radical (unpaired) electrons. The number of hydrogen-bond acceptors (Lipinski definition) is 8. The van der Waals surface area contributed by atoms with Crippen LogP contribution >= 0.6 is 11.6 Å². The van der Waals surface area contributed by atoms with Crippen molar-refractivity contribution in [3.63, 3.8) is 0 Å². The zero-order valence-electron chi connectivity index (χ0n) is 21.6. The van der Waals surface area contributed by atoms with Crippen LogP contribution in [0.1, 0.15) is 57.8 Å². The number of fused-ring (bicyclic) bond motifs is 1. The van der Waals surface area contributed by atoms with Crippen LogP contribution in [0, 0.1) is 23.7 Å². The number of carbonyl (C=O) groups excluding carboxylic acids is 1. The maximum absolute atomic E-state index is 13.3. The first kappa shape index (κ1) is 27.1. The molecular weight excluding hydrogens is 480 g/mol. The van der Waals surface area contributed by atoms with Gasteiger partial charge in [-0.15, -0.1) is 11.6 Å². The lowest BCUT2D eigenvalue weighted by Gasteiger charge is -2.44. The molecule has 0 spiro atoms. The number of halogens is 1. The highest BCUT2D eigenvalue weighted by molar-refractivity contribution is 6.20. The summed E-state index contributed by atoms with van der Waals surface area (Å²) in [5, 5.41) is 20.5. The summed E-state index contributed by atoms with van der Waals surface area (Å²) in [6, 6.07) is 0.432. The van der Waals surface area contributed by atoms with Crippen molar-refractivity contribution in [2.24, 2.45) is 23.7 Å². The van der Waals surface area contributed by atoms with E-state index in [0.717, 1.165) is 84.0 Å². The number of aliphatic hydroxyl groups excluding tert-OH is 1. The highest BCUT2D eigenvalue weighted by Gasteiger charge is 2.42. The average molecular weight is 527 g/mol. The summed E-state index contributed by atoms with van der Waals surface area (Å²) >= 11 is 6.60. The molecule has 0 aromatic heterocycles. The summed E-state index contributed by atoms with van der Waals surface area (Å²) in [7, 11) is 0. The molecule has 2 aliphatic carbocycles. The predicted molar refractivity (Wildman–Crippen MR) is 140 cm³/mol. The second-order valence-electron chi connectivity index (χ2n) is 11.7. The van der Waals surface area contributed by atoms with Crippen molar-refractivity contribution >= 4 is 17.5 Å². The Morgan fingerprint density at radius 2 is 1.86 bits per heavy atom. The maximum Gasteiger partial charge on any atom is 0.223 e. The minimum atomic E-state index is 0.0534. The van der Waals surface area contributed by atoms with E-state index in [9.17, 15) is 9.90 Å². The van der Waals surface area contributed by atoms with E-state index < -0.39 is 0 Å². The fourth-order valence-electron chi connectivity index (χ4n) is 7.44. The highest BCUT2D eigenvalue weighted by atomic mass is 35.5. The van der Waals surface area contributed by atoms with Crippen molar-refractivity contribution in [2.75, 3.05) is 46.0 Å². The van der Waals surface area contributed by atoms with Gasteiger partial charge in [0.15, 0.2) is 0 Å². The Labute approximate surface area is 221 Å². The number of rotatable bonds is 8. The molecule has 3 heterocycles. The number of amides is 1. The van der Waals surface area contributed by atoms with Crippen LogP contribution in [0.3, 0.4) is 0 Å². The van der Waals surface area contributed by atoms with Gasteiger partial charge in [0.2, 0.25) is 5.91 Å². The quantitative estimate of drug-likeness (QED) is 0.257. The van der Waals surface area contributed by atoms with Crippen molar-refractivity contribution in [3.8, 4) is 0 Å². The Hall–Kier alpha value is -0.520. The van der Waals surface area contributed by atoms with Crippen LogP contribution in [0.4, 0.5) is 0 Å². The summed E-state index contributed by atoms with van der Waals surface area (Å²) in [6.07, 6.45) is 10.1. The minimum absolute atomic E-state index is 0.0534. The van der Waals surface area contributed by atoms with Crippen molar-refractivity contribution in [1.29, 1.82) is 0 Å². The predicted octanol–water partition coefficient (Wildman–Crippen LogP) is 0.727. The smallest absolute Gasteiger partial charge is 0.223 e. The molecule has 3 aliphatic heterocycles. The number of β-amino-alcohol motifs (C(OH)–C–C–N with tert-alkyl or cyclic N) is 1. The van der Waals surface area contributed by atoms with E-state index in [4.69, 9.17) is 16.3 Å². The van der Waals surface area contributed by atoms with Crippen LogP contribution in [0.15, 0.2) is 0 Å².